The zero-order valence-corrected chi connectivity index (χ0v) is 7.84. The molecule has 1 fully saturated rings. The maximum Gasteiger partial charge on any atom is 0.240 e. The van der Waals surface area contributed by atoms with E-state index in [1.807, 2.05) is 19.1 Å². The number of hydrogen-bond donors (Lipinski definition) is 1. The predicted molar refractivity (Wildman–Crippen MR) is 49.7 cm³/mol. The molecule has 0 radical (unpaired) electrons. The van der Waals surface area contributed by atoms with Gasteiger partial charge in [0.15, 0.2) is 0 Å². The summed E-state index contributed by atoms with van der Waals surface area (Å²) in [6, 6.07) is 2.06. The minimum Gasteiger partial charge on any atom is -0.354 e. The quantitative estimate of drug-likeness (QED) is 0.522. The van der Waals surface area contributed by atoms with Crippen LogP contribution in [0.3, 0.4) is 0 Å². The van der Waals surface area contributed by atoms with Gasteiger partial charge in [-0.05, 0) is 26.2 Å². The maximum absolute atomic E-state index is 11.4. The normalized spacial score (nSPS) is 18.2. The highest BCUT2D eigenvalue weighted by Gasteiger charge is 2.50. The number of hydrogen-bond acceptors (Lipinski definition) is 2. The molecule has 13 heavy (non-hydrogen) atoms. The molecule has 1 amide bonds. The van der Waals surface area contributed by atoms with Gasteiger partial charge in [-0.25, -0.2) is 0 Å². The van der Waals surface area contributed by atoms with E-state index in [9.17, 15) is 4.79 Å². The van der Waals surface area contributed by atoms with Crippen LogP contribution in [0, 0.1) is 16.7 Å². The summed E-state index contributed by atoms with van der Waals surface area (Å²) in [5.74, 6) is -0.0977. The van der Waals surface area contributed by atoms with Gasteiger partial charge in [0.25, 0.3) is 0 Å². The Morgan fingerprint density at radius 1 is 1.69 bits per heavy atom. The lowest BCUT2D eigenvalue weighted by Gasteiger charge is -2.05. The van der Waals surface area contributed by atoms with Gasteiger partial charge < -0.3 is 5.32 Å². The molecule has 0 unspecified atom stereocenters. The Morgan fingerprint density at radius 2 is 2.38 bits per heavy atom. The largest absolute Gasteiger partial charge is 0.354 e. The van der Waals surface area contributed by atoms with Gasteiger partial charge in [-0.3, -0.25) is 4.79 Å². The van der Waals surface area contributed by atoms with E-state index in [4.69, 9.17) is 5.26 Å². The van der Waals surface area contributed by atoms with E-state index >= 15 is 0 Å². The lowest BCUT2D eigenvalue weighted by Crippen LogP contribution is -2.31. The summed E-state index contributed by atoms with van der Waals surface area (Å²) < 4.78 is 0. The summed E-state index contributed by atoms with van der Waals surface area (Å²) in [7, 11) is 0. The van der Waals surface area contributed by atoms with Gasteiger partial charge in [-0.15, -0.1) is 0 Å². The van der Waals surface area contributed by atoms with Crippen molar-refractivity contribution in [3.8, 4) is 6.07 Å². The summed E-state index contributed by atoms with van der Waals surface area (Å²) >= 11 is 0. The highest BCUT2D eigenvalue weighted by molar-refractivity contribution is 5.88. The second-order valence-electron chi connectivity index (χ2n) is 3.31. The molecule has 3 heteroatoms. The Bertz CT molecular complexity index is 259. The number of nitrogens with one attached hydrogen (secondary N) is 1. The molecule has 1 aliphatic rings. The first-order valence-electron chi connectivity index (χ1n) is 4.56. The molecule has 1 saturated carbocycles. The maximum atomic E-state index is 11.4. The number of amides is 1. The second kappa shape index (κ2) is 4.08. The molecule has 0 spiro atoms. The first-order valence-corrected chi connectivity index (χ1v) is 4.56. The lowest BCUT2D eigenvalue weighted by molar-refractivity contribution is -0.124. The van der Waals surface area contributed by atoms with Gasteiger partial charge in [-0.1, -0.05) is 12.2 Å². The Morgan fingerprint density at radius 3 is 2.85 bits per heavy atom. The monoisotopic (exact) mass is 178 g/mol. The van der Waals surface area contributed by atoms with Crippen LogP contribution in [0.4, 0.5) is 0 Å². The molecule has 70 valence electrons. The number of allylic oxidation sites excluding steroid dienone is 1. The van der Waals surface area contributed by atoms with Crippen LogP contribution in [0.2, 0.25) is 0 Å². The molecule has 3 nitrogen and oxygen atoms in total. The summed E-state index contributed by atoms with van der Waals surface area (Å²) in [5.41, 5.74) is -0.671. The SMILES string of the molecule is C/C=C/CCNC(=O)C1(C#N)CC1. The fourth-order valence-electron chi connectivity index (χ4n) is 1.12. The molecule has 1 N–H and O–H groups in total. The van der Waals surface area contributed by atoms with Gasteiger partial charge >= 0.3 is 0 Å². The van der Waals surface area contributed by atoms with E-state index in [1.165, 1.54) is 0 Å². The Hall–Kier alpha value is -1.30. The summed E-state index contributed by atoms with van der Waals surface area (Å²) in [5, 5.41) is 11.5. The van der Waals surface area contributed by atoms with Crippen LogP contribution < -0.4 is 5.32 Å². The van der Waals surface area contributed by atoms with Crippen LogP contribution in [0.15, 0.2) is 12.2 Å². The molecule has 0 aromatic carbocycles. The summed E-state index contributed by atoms with van der Waals surface area (Å²) in [6.45, 7) is 2.58. The molecule has 0 bridgehead atoms. The third kappa shape index (κ3) is 2.32. The van der Waals surface area contributed by atoms with Crippen LogP contribution in [0.25, 0.3) is 0 Å². The number of carbonyl (C=O) groups excluding carboxylic acids is 1. The van der Waals surface area contributed by atoms with Crippen molar-refractivity contribution in [3.63, 3.8) is 0 Å². The van der Waals surface area contributed by atoms with Crippen molar-refractivity contribution in [2.24, 2.45) is 5.41 Å². The molecule has 0 saturated heterocycles. The third-order valence-corrected chi connectivity index (χ3v) is 2.23. The molecule has 1 aliphatic carbocycles. The van der Waals surface area contributed by atoms with E-state index < -0.39 is 5.41 Å². The second-order valence-corrected chi connectivity index (χ2v) is 3.31. The predicted octanol–water partition coefficient (Wildman–Crippen LogP) is 1.37. The number of nitriles is 1. The Balaban J connectivity index is 2.23. The smallest absolute Gasteiger partial charge is 0.240 e. The van der Waals surface area contributed by atoms with Crippen molar-refractivity contribution < 1.29 is 4.79 Å². The summed E-state index contributed by atoms with van der Waals surface area (Å²) in [6.07, 6.45) is 6.22. The highest BCUT2D eigenvalue weighted by atomic mass is 16.2. The van der Waals surface area contributed by atoms with E-state index in [0.29, 0.717) is 6.54 Å². The van der Waals surface area contributed by atoms with Gasteiger partial charge in [-0.2, -0.15) is 5.26 Å². The highest BCUT2D eigenvalue weighted by Crippen LogP contribution is 2.44. The van der Waals surface area contributed by atoms with E-state index in [0.717, 1.165) is 19.3 Å². The van der Waals surface area contributed by atoms with E-state index in [2.05, 4.69) is 11.4 Å². The first-order chi connectivity index (χ1) is 6.25. The van der Waals surface area contributed by atoms with Crippen molar-refractivity contribution in [2.75, 3.05) is 6.54 Å². The minimum absolute atomic E-state index is 0.0977. The molecular formula is C10H14N2O. The number of nitrogens with zero attached hydrogens (tertiary/aromatic N) is 1. The summed E-state index contributed by atoms with van der Waals surface area (Å²) in [4.78, 5) is 11.4. The van der Waals surface area contributed by atoms with Crippen molar-refractivity contribution in [1.29, 1.82) is 5.26 Å². The fourth-order valence-corrected chi connectivity index (χ4v) is 1.12. The first kappa shape index (κ1) is 9.79. The molecule has 0 aliphatic heterocycles. The average molecular weight is 178 g/mol. The fraction of sp³-hybridized carbons (Fsp3) is 0.600. The van der Waals surface area contributed by atoms with E-state index in [1.54, 1.807) is 0 Å². The minimum atomic E-state index is -0.671. The lowest BCUT2D eigenvalue weighted by atomic mass is 10.1. The topological polar surface area (TPSA) is 52.9 Å². The van der Waals surface area contributed by atoms with Crippen molar-refractivity contribution in [2.45, 2.75) is 26.2 Å². The Kier molecular flexibility index (Phi) is 3.07. The van der Waals surface area contributed by atoms with Crippen molar-refractivity contribution >= 4 is 5.91 Å². The van der Waals surface area contributed by atoms with Crippen molar-refractivity contribution in [1.82, 2.24) is 5.32 Å². The zero-order chi connectivity index (χ0) is 9.73. The zero-order valence-electron chi connectivity index (χ0n) is 7.84. The van der Waals surface area contributed by atoms with Gasteiger partial charge in [0, 0.05) is 6.54 Å². The van der Waals surface area contributed by atoms with Crippen LogP contribution in [0.1, 0.15) is 26.2 Å². The molecule has 0 aromatic heterocycles. The molecule has 1 rings (SSSR count). The van der Waals surface area contributed by atoms with Crippen LogP contribution in [-0.4, -0.2) is 12.5 Å². The van der Waals surface area contributed by atoms with Gasteiger partial charge in [0.2, 0.25) is 5.91 Å². The van der Waals surface area contributed by atoms with Crippen LogP contribution in [-0.2, 0) is 4.79 Å². The molecule has 0 heterocycles. The standard InChI is InChI=1S/C10H14N2O/c1-2-3-4-7-12-9(13)10(8-11)5-6-10/h2-3H,4-7H2,1H3,(H,12,13)/b3-2+. The van der Waals surface area contributed by atoms with Gasteiger partial charge in [0.05, 0.1) is 6.07 Å². The molecule has 0 aromatic rings. The van der Waals surface area contributed by atoms with Crippen LogP contribution in [0.5, 0.6) is 0 Å². The van der Waals surface area contributed by atoms with Crippen molar-refractivity contribution in [3.05, 3.63) is 12.2 Å². The molecule has 0 atom stereocenters. The molecular weight excluding hydrogens is 164 g/mol. The van der Waals surface area contributed by atoms with E-state index in [-0.39, 0.29) is 5.91 Å². The van der Waals surface area contributed by atoms with Gasteiger partial charge in [0.1, 0.15) is 5.41 Å². The third-order valence-electron chi connectivity index (χ3n) is 2.23. The number of carbonyl (C=O) groups is 1. The Labute approximate surface area is 78.4 Å². The number of rotatable bonds is 4. The van der Waals surface area contributed by atoms with Crippen LogP contribution >= 0.6 is 0 Å². The average Bonchev–Trinajstić information content (AvgIpc) is 2.93.